The predicted octanol–water partition coefficient (Wildman–Crippen LogP) is 7.66. The lowest BCUT2D eigenvalue weighted by Crippen LogP contribution is -2.11. The monoisotopic (exact) mass is 453 g/mol. The minimum atomic E-state index is -0.108. The van der Waals surface area contributed by atoms with E-state index in [-0.39, 0.29) is 5.91 Å². The molecule has 166 valence electrons. The summed E-state index contributed by atoms with van der Waals surface area (Å²) in [5.41, 5.74) is 4.30. The van der Waals surface area contributed by atoms with E-state index in [2.05, 4.69) is 27.8 Å². The normalized spacial score (nSPS) is 14.2. The van der Waals surface area contributed by atoms with Crippen LogP contribution in [0.5, 0.6) is 0 Å². The zero-order valence-electron chi connectivity index (χ0n) is 18.5. The molecule has 1 fully saturated rings. The molecule has 2 N–H and O–H groups in total. The minimum absolute atomic E-state index is 0.108. The van der Waals surface area contributed by atoms with Crippen LogP contribution in [0.1, 0.15) is 42.5 Å². The first-order valence-electron chi connectivity index (χ1n) is 11.5. The van der Waals surface area contributed by atoms with E-state index in [1.807, 2.05) is 78.5 Å². The summed E-state index contributed by atoms with van der Waals surface area (Å²) in [6.45, 7) is 0. The van der Waals surface area contributed by atoms with Gasteiger partial charge in [-0.1, -0.05) is 37.5 Å². The molecule has 0 aliphatic heterocycles. The van der Waals surface area contributed by atoms with Gasteiger partial charge in [-0.05, 0) is 73.5 Å². The van der Waals surface area contributed by atoms with Crippen molar-refractivity contribution in [1.82, 2.24) is 4.98 Å². The third-order valence-electron chi connectivity index (χ3n) is 6.04. The van der Waals surface area contributed by atoms with Crippen molar-refractivity contribution in [2.45, 2.75) is 42.2 Å². The molecule has 0 saturated heterocycles. The van der Waals surface area contributed by atoms with Crippen LogP contribution in [0.25, 0.3) is 10.9 Å². The number of benzene rings is 3. The van der Waals surface area contributed by atoms with Crippen LogP contribution >= 0.6 is 11.8 Å². The van der Waals surface area contributed by atoms with Gasteiger partial charge in [0.2, 0.25) is 0 Å². The number of carbonyl (C=O) groups excluding carboxylic acids is 1. The van der Waals surface area contributed by atoms with E-state index in [9.17, 15) is 4.79 Å². The average Bonchev–Trinajstić information content (AvgIpc) is 2.86. The maximum Gasteiger partial charge on any atom is 0.255 e. The smallest absolute Gasteiger partial charge is 0.255 e. The quantitative estimate of drug-likeness (QED) is 0.315. The van der Waals surface area contributed by atoms with Gasteiger partial charge in [-0.2, -0.15) is 0 Å². The summed E-state index contributed by atoms with van der Waals surface area (Å²) in [4.78, 5) is 18.4. The number of para-hydroxylation sites is 1. The number of amides is 1. The van der Waals surface area contributed by atoms with E-state index >= 15 is 0 Å². The van der Waals surface area contributed by atoms with Crippen molar-refractivity contribution < 1.29 is 4.79 Å². The molecule has 33 heavy (non-hydrogen) atoms. The van der Waals surface area contributed by atoms with Gasteiger partial charge < -0.3 is 10.6 Å². The van der Waals surface area contributed by atoms with Crippen LogP contribution in [0.4, 0.5) is 17.1 Å². The molecule has 1 saturated carbocycles. The van der Waals surface area contributed by atoms with E-state index in [0.717, 1.165) is 33.2 Å². The molecule has 0 atom stereocenters. The zero-order chi connectivity index (χ0) is 22.5. The summed E-state index contributed by atoms with van der Waals surface area (Å²) >= 11 is 1.97. The number of anilines is 3. The Bertz CT molecular complexity index is 1230. The van der Waals surface area contributed by atoms with Gasteiger partial charge in [0.25, 0.3) is 5.91 Å². The second-order valence-electron chi connectivity index (χ2n) is 8.43. The summed E-state index contributed by atoms with van der Waals surface area (Å²) in [7, 11) is 0. The molecule has 0 unspecified atom stereocenters. The van der Waals surface area contributed by atoms with Gasteiger partial charge in [0, 0.05) is 44.4 Å². The maximum absolute atomic E-state index is 12.7. The molecule has 0 spiro atoms. The molecule has 4 aromatic rings. The van der Waals surface area contributed by atoms with Gasteiger partial charge in [0.15, 0.2) is 0 Å². The zero-order valence-corrected chi connectivity index (χ0v) is 19.3. The Hall–Kier alpha value is -3.31. The Kier molecular flexibility index (Phi) is 6.58. The molecular formula is C28H27N3OS. The Balaban J connectivity index is 1.20. The molecule has 1 amide bonds. The molecule has 1 aliphatic rings. The van der Waals surface area contributed by atoms with Crippen LogP contribution in [0.2, 0.25) is 0 Å². The Morgan fingerprint density at radius 2 is 1.55 bits per heavy atom. The van der Waals surface area contributed by atoms with E-state index in [4.69, 9.17) is 0 Å². The van der Waals surface area contributed by atoms with Gasteiger partial charge >= 0.3 is 0 Å². The first-order valence-corrected chi connectivity index (χ1v) is 12.4. The summed E-state index contributed by atoms with van der Waals surface area (Å²) in [5.74, 6) is -0.108. The highest BCUT2D eigenvalue weighted by Crippen LogP contribution is 2.34. The van der Waals surface area contributed by atoms with Crippen molar-refractivity contribution >= 4 is 45.6 Å². The second-order valence-corrected chi connectivity index (χ2v) is 9.81. The topological polar surface area (TPSA) is 54.0 Å². The molecule has 5 heteroatoms. The van der Waals surface area contributed by atoms with E-state index in [0.29, 0.717) is 5.56 Å². The largest absolute Gasteiger partial charge is 0.355 e. The predicted molar refractivity (Wildman–Crippen MR) is 139 cm³/mol. The summed E-state index contributed by atoms with van der Waals surface area (Å²) in [6, 6.07) is 25.7. The molecule has 4 nitrogen and oxygen atoms in total. The molecule has 3 aromatic carbocycles. The first kappa shape index (κ1) is 21.5. The van der Waals surface area contributed by atoms with Crippen LogP contribution in [-0.2, 0) is 0 Å². The van der Waals surface area contributed by atoms with Crippen LogP contribution in [0.15, 0.2) is 90.0 Å². The second kappa shape index (κ2) is 10.1. The molecule has 5 rings (SSSR count). The van der Waals surface area contributed by atoms with Gasteiger partial charge in [0.05, 0.1) is 5.52 Å². The van der Waals surface area contributed by atoms with Gasteiger partial charge in [-0.25, -0.2) is 0 Å². The van der Waals surface area contributed by atoms with Gasteiger partial charge in [-0.3, -0.25) is 9.78 Å². The Labute approximate surface area is 198 Å². The summed E-state index contributed by atoms with van der Waals surface area (Å²) < 4.78 is 0. The first-order chi connectivity index (χ1) is 16.2. The van der Waals surface area contributed by atoms with Crippen molar-refractivity contribution in [3.05, 3.63) is 90.6 Å². The lowest BCUT2D eigenvalue weighted by Gasteiger charge is -2.20. The lowest BCUT2D eigenvalue weighted by atomic mass is 10.0. The van der Waals surface area contributed by atoms with Crippen molar-refractivity contribution in [3.63, 3.8) is 0 Å². The number of hydrogen-bond donors (Lipinski definition) is 2. The highest BCUT2D eigenvalue weighted by molar-refractivity contribution is 8.00. The van der Waals surface area contributed by atoms with Crippen molar-refractivity contribution in [3.8, 4) is 0 Å². The number of fused-ring (bicyclic) bond motifs is 1. The number of nitrogens with zero attached hydrogens (tertiary/aromatic N) is 1. The van der Waals surface area contributed by atoms with Crippen molar-refractivity contribution in [2.24, 2.45) is 0 Å². The third kappa shape index (κ3) is 5.37. The number of carbonyl (C=O) groups is 1. The molecule has 0 bridgehead atoms. The third-order valence-corrected chi connectivity index (χ3v) is 7.39. The molecular weight excluding hydrogens is 426 g/mol. The number of pyridine rings is 1. The number of thioether (sulfide) groups is 1. The van der Waals surface area contributed by atoms with Gasteiger partial charge in [0.1, 0.15) is 0 Å². The summed E-state index contributed by atoms with van der Waals surface area (Å²) in [6.07, 6.45) is 8.49. The van der Waals surface area contributed by atoms with Gasteiger partial charge in [-0.15, -0.1) is 11.8 Å². The summed E-state index contributed by atoms with van der Waals surface area (Å²) in [5, 5.41) is 8.23. The van der Waals surface area contributed by atoms with Crippen LogP contribution < -0.4 is 10.6 Å². The molecule has 1 aromatic heterocycles. The number of rotatable bonds is 6. The van der Waals surface area contributed by atoms with Crippen molar-refractivity contribution in [2.75, 3.05) is 10.6 Å². The van der Waals surface area contributed by atoms with Crippen molar-refractivity contribution in [1.29, 1.82) is 0 Å². The number of nitrogens with one attached hydrogen (secondary N) is 2. The Morgan fingerprint density at radius 3 is 2.33 bits per heavy atom. The lowest BCUT2D eigenvalue weighted by molar-refractivity contribution is 0.102. The number of hydrogen-bond acceptors (Lipinski definition) is 4. The SMILES string of the molecule is O=C(Nc1ccc(SC2CCCCC2)cc1)c1ccc(Nc2ccnc3ccccc23)cc1. The highest BCUT2D eigenvalue weighted by Gasteiger charge is 2.14. The molecule has 1 heterocycles. The van der Waals surface area contributed by atoms with Crippen LogP contribution in [0.3, 0.4) is 0 Å². The standard InChI is InChI=1S/C28H27N3OS/c32-28(31-22-14-16-24(17-15-22)33-23-6-2-1-3-7-23)20-10-12-21(13-11-20)30-27-18-19-29-26-9-5-4-8-25(26)27/h4-5,8-19,23H,1-3,6-7H2,(H,29,30)(H,31,32). The molecule has 1 aliphatic carbocycles. The average molecular weight is 454 g/mol. The van der Waals surface area contributed by atoms with Crippen LogP contribution in [0, 0.1) is 0 Å². The van der Waals surface area contributed by atoms with E-state index < -0.39 is 0 Å². The highest BCUT2D eigenvalue weighted by atomic mass is 32.2. The van der Waals surface area contributed by atoms with Crippen LogP contribution in [-0.4, -0.2) is 16.1 Å². The molecule has 0 radical (unpaired) electrons. The fourth-order valence-corrected chi connectivity index (χ4v) is 5.51. The van der Waals surface area contributed by atoms with E-state index in [1.54, 1.807) is 6.20 Å². The maximum atomic E-state index is 12.7. The number of aromatic nitrogens is 1. The fourth-order valence-electron chi connectivity index (χ4n) is 4.26. The fraction of sp³-hybridized carbons (Fsp3) is 0.214. The van der Waals surface area contributed by atoms with E-state index in [1.165, 1.54) is 37.0 Å². The Morgan fingerprint density at radius 1 is 0.818 bits per heavy atom. The minimum Gasteiger partial charge on any atom is -0.355 e.